The monoisotopic (exact) mass is 358 g/mol. The molecule has 1 aliphatic heterocycles. The molecule has 3 aromatic rings. The minimum absolute atomic E-state index is 0.210. The number of hydrogen-bond acceptors (Lipinski definition) is 3. The summed E-state index contributed by atoms with van der Waals surface area (Å²) < 4.78 is 5.79. The third kappa shape index (κ3) is 3.53. The standard InChI is InChI=1S/C22H18N2O3/c1-15-6-5-7-16(12-15)14-24-21(25)19(23-22(24)26)13-18-10-11-20(27-18)17-8-3-2-4-9-17/h2-13H,14H2,1H3,(H,23,26). The van der Waals surface area contributed by atoms with Gasteiger partial charge in [-0.3, -0.25) is 9.69 Å². The van der Waals surface area contributed by atoms with Crippen molar-refractivity contribution >= 4 is 18.0 Å². The van der Waals surface area contributed by atoms with E-state index >= 15 is 0 Å². The van der Waals surface area contributed by atoms with E-state index < -0.39 is 6.03 Å². The highest BCUT2D eigenvalue weighted by molar-refractivity contribution is 6.13. The quantitative estimate of drug-likeness (QED) is 0.557. The fourth-order valence-corrected chi connectivity index (χ4v) is 3.04. The molecule has 0 spiro atoms. The van der Waals surface area contributed by atoms with Gasteiger partial charge in [-0.1, -0.05) is 60.2 Å². The minimum atomic E-state index is -0.428. The van der Waals surface area contributed by atoms with Crippen LogP contribution in [0.2, 0.25) is 0 Å². The van der Waals surface area contributed by atoms with Gasteiger partial charge in [0.2, 0.25) is 0 Å². The molecule has 4 rings (SSSR count). The van der Waals surface area contributed by atoms with Crippen LogP contribution in [0.4, 0.5) is 4.79 Å². The van der Waals surface area contributed by atoms with E-state index in [9.17, 15) is 9.59 Å². The summed E-state index contributed by atoms with van der Waals surface area (Å²) in [7, 11) is 0. The molecule has 1 aliphatic rings. The van der Waals surface area contributed by atoms with Gasteiger partial charge in [0, 0.05) is 11.6 Å². The summed E-state index contributed by atoms with van der Waals surface area (Å²) >= 11 is 0. The average molecular weight is 358 g/mol. The van der Waals surface area contributed by atoms with Gasteiger partial charge in [-0.05, 0) is 24.6 Å². The molecule has 1 fully saturated rings. The first-order valence-corrected chi connectivity index (χ1v) is 8.65. The van der Waals surface area contributed by atoms with Crippen LogP contribution in [0.3, 0.4) is 0 Å². The van der Waals surface area contributed by atoms with Crippen LogP contribution in [0.15, 0.2) is 76.8 Å². The molecule has 1 aromatic heterocycles. The highest BCUT2D eigenvalue weighted by Crippen LogP contribution is 2.24. The molecule has 5 nitrogen and oxygen atoms in total. The Bertz CT molecular complexity index is 1030. The second-order valence-corrected chi connectivity index (χ2v) is 6.44. The lowest BCUT2D eigenvalue weighted by Gasteiger charge is -2.12. The fraction of sp³-hybridized carbons (Fsp3) is 0.0909. The summed E-state index contributed by atoms with van der Waals surface area (Å²) in [4.78, 5) is 26.0. The van der Waals surface area contributed by atoms with Crippen molar-refractivity contribution in [2.24, 2.45) is 0 Å². The van der Waals surface area contributed by atoms with E-state index in [-0.39, 0.29) is 18.1 Å². The summed E-state index contributed by atoms with van der Waals surface area (Å²) in [5, 5.41) is 2.62. The largest absolute Gasteiger partial charge is 0.457 e. The predicted octanol–water partition coefficient (Wildman–Crippen LogP) is 4.35. The smallest absolute Gasteiger partial charge is 0.329 e. The predicted molar refractivity (Wildman–Crippen MR) is 102 cm³/mol. The van der Waals surface area contributed by atoms with E-state index in [1.807, 2.05) is 67.6 Å². The highest BCUT2D eigenvalue weighted by Gasteiger charge is 2.33. The summed E-state index contributed by atoms with van der Waals surface area (Å²) in [6.45, 7) is 2.21. The van der Waals surface area contributed by atoms with Gasteiger partial charge in [0.15, 0.2) is 0 Å². The lowest BCUT2D eigenvalue weighted by atomic mass is 10.1. The van der Waals surface area contributed by atoms with E-state index in [2.05, 4.69) is 5.32 Å². The number of hydrogen-bond donors (Lipinski definition) is 1. The molecule has 0 aliphatic carbocycles. The highest BCUT2D eigenvalue weighted by atomic mass is 16.3. The van der Waals surface area contributed by atoms with Gasteiger partial charge in [0.05, 0.1) is 6.54 Å². The van der Waals surface area contributed by atoms with Crippen molar-refractivity contribution in [3.05, 3.63) is 89.3 Å². The van der Waals surface area contributed by atoms with Crippen LogP contribution >= 0.6 is 0 Å². The number of aryl methyl sites for hydroxylation is 1. The van der Waals surface area contributed by atoms with Gasteiger partial charge in [0.1, 0.15) is 17.2 Å². The molecular weight excluding hydrogens is 340 g/mol. The molecule has 1 N–H and O–H groups in total. The maximum Gasteiger partial charge on any atom is 0.329 e. The van der Waals surface area contributed by atoms with Gasteiger partial charge in [0.25, 0.3) is 5.91 Å². The van der Waals surface area contributed by atoms with E-state index in [4.69, 9.17) is 4.42 Å². The summed E-state index contributed by atoms with van der Waals surface area (Å²) in [6, 6.07) is 20.6. The van der Waals surface area contributed by atoms with Crippen LogP contribution < -0.4 is 5.32 Å². The van der Waals surface area contributed by atoms with Gasteiger partial charge in [-0.15, -0.1) is 0 Å². The van der Waals surface area contributed by atoms with Gasteiger partial charge in [-0.25, -0.2) is 4.79 Å². The first-order chi connectivity index (χ1) is 13.1. The number of nitrogens with zero attached hydrogens (tertiary/aromatic N) is 1. The molecule has 2 aromatic carbocycles. The third-order valence-corrected chi connectivity index (χ3v) is 4.36. The van der Waals surface area contributed by atoms with Crippen molar-refractivity contribution in [2.45, 2.75) is 13.5 Å². The Morgan fingerprint density at radius 2 is 1.81 bits per heavy atom. The van der Waals surface area contributed by atoms with Crippen molar-refractivity contribution in [1.82, 2.24) is 10.2 Å². The van der Waals surface area contributed by atoms with Gasteiger partial charge in [-0.2, -0.15) is 0 Å². The Hall–Kier alpha value is -3.60. The number of rotatable bonds is 4. The molecule has 3 amide bonds. The van der Waals surface area contributed by atoms with Gasteiger partial charge < -0.3 is 9.73 Å². The minimum Gasteiger partial charge on any atom is -0.457 e. The Morgan fingerprint density at radius 3 is 2.59 bits per heavy atom. The van der Waals surface area contributed by atoms with Crippen LogP contribution in [-0.2, 0) is 11.3 Å². The Kier molecular flexibility index (Phi) is 4.34. The van der Waals surface area contributed by atoms with E-state index in [1.54, 1.807) is 12.1 Å². The summed E-state index contributed by atoms with van der Waals surface area (Å²) in [5.41, 5.74) is 3.15. The Labute approximate surface area is 156 Å². The molecule has 0 atom stereocenters. The van der Waals surface area contributed by atoms with E-state index in [1.165, 1.54) is 4.90 Å². The third-order valence-electron chi connectivity index (χ3n) is 4.36. The van der Waals surface area contributed by atoms with E-state index in [0.717, 1.165) is 16.7 Å². The molecule has 134 valence electrons. The zero-order valence-corrected chi connectivity index (χ0v) is 14.8. The molecule has 1 saturated heterocycles. The molecule has 0 unspecified atom stereocenters. The zero-order chi connectivity index (χ0) is 18.8. The van der Waals surface area contributed by atoms with Crippen LogP contribution in [-0.4, -0.2) is 16.8 Å². The zero-order valence-electron chi connectivity index (χ0n) is 14.8. The first-order valence-electron chi connectivity index (χ1n) is 8.65. The number of furan rings is 1. The van der Waals surface area contributed by atoms with Crippen LogP contribution in [0.1, 0.15) is 16.9 Å². The van der Waals surface area contributed by atoms with Crippen LogP contribution in [0.5, 0.6) is 0 Å². The molecule has 0 saturated carbocycles. The van der Waals surface area contributed by atoms with Crippen LogP contribution in [0, 0.1) is 6.92 Å². The summed E-state index contributed by atoms with van der Waals surface area (Å²) in [6.07, 6.45) is 1.56. The Morgan fingerprint density at radius 1 is 1.00 bits per heavy atom. The molecular formula is C22H18N2O3. The van der Waals surface area contributed by atoms with Crippen molar-refractivity contribution in [2.75, 3.05) is 0 Å². The number of benzene rings is 2. The molecule has 5 heteroatoms. The number of nitrogens with one attached hydrogen (secondary N) is 1. The SMILES string of the molecule is Cc1cccc(CN2C(=O)NC(=Cc3ccc(-c4ccccc4)o3)C2=O)c1. The molecule has 0 bridgehead atoms. The fourth-order valence-electron chi connectivity index (χ4n) is 3.04. The average Bonchev–Trinajstić information content (AvgIpc) is 3.23. The molecule has 2 heterocycles. The number of imide groups is 1. The number of urea groups is 1. The Balaban J connectivity index is 1.54. The number of carbonyl (C=O) groups is 2. The van der Waals surface area contributed by atoms with Gasteiger partial charge >= 0.3 is 6.03 Å². The number of amides is 3. The van der Waals surface area contributed by atoms with Crippen molar-refractivity contribution in [3.63, 3.8) is 0 Å². The summed E-state index contributed by atoms with van der Waals surface area (Å²) in [5.74, 6) is 0.852. The lowest BCUT2D eigenvalue weighted by Crippen LogP contribution is -2.30. The molecule has 0 radical (unpaired) electrons. The first kappa shape index (κ1) is 16.8. The maximum absolute atomic E-state index is 12.6. The van der Waals surface area contributed by atoms with Crippen molar-refractivity contribution in [3.8, 4) is 11.3 Å². The number of carbonyl (C=O) groups excluding carboxylic acids is 2. The van der Waals surface area contributed by atoms with Crippen molar-refractivity contribution < 1.29 is 14.0 Å². The maximum atomic E-state index is 12.6. The van der Waals surface area contributed by atoms with E-state index in [0.29, 0.717) is 11.5 Å². The van der Waals surface area contributed by atoms with Crippen molar-refractivity contribution in [1.29, 1.82) is 0 Å². The topological polar surface area (TPSA) is 62.6 Å². The van der Waals surface area contributed by atoms with Crippen LogP contribution in [0.25, 0.3) is 17.4 Å². The normalized spacial score (nSPS) is 15.4. The lowest BCUT2D eigenvalue weighted by molar-refractivity contribution is -0.123. The molecule has 27 heavy (non-hydrogen) atoms. The second kappa shape index (κ2) is 6.96. The second-order valence-electron chi connectivity index (χ2n) is 6.44.